The molecule has 0 aromatic heterocycles. The number of allylic oxidation sites excluding steroid dienone is 2. The molecule has 13 heavy (non-hydrogen) atoms. The maximum atomic E-state index is 11.2. The molecule has 1 fully saturated rings. The summed E-state index contributed by atoms with van der Waals surface area (Å²) in [5.41, 5.74) is -0.343. The zero-order valence-electron chi connectivity index (χ0n) is 7.62. The third kappa shape index (κ3) is 1.29. The second-order valence-electron chi connectivity index (χ2n) is 4.12. The van der Waals surface area contributed by atoms with Crippen LogP contribution in [0.25, 0.3) is 0 Å². The molecule has 2 aliphatic carbocycles. The predicted octanol–water partition coefficient (Wildman–Crippen LogP) is 2.22. The van der Waals surface area contributed by atoms with E-state index in [1.54, 1.807) is 6.08 Å². The molecule has 0 aliphatic heterocycles. The van der Waals surface area contributed by atoms with Gasteiger partial charge in [0.15, 0.2) is 5.78 Å². The monoisotopic (exact) mass is 175 g/mol. The molecule has 0 aromatic carbocycles. The summed E-state index contributed by atoms with van der Waals surface area (Å²) in [6.07, 6.45) is 8.35. The van der Waals surface area contributed by atoms with E-state index in [0.29, 0.717) is 12.3 Å². The second kappa shape index (κ2) is 2.99. The molecule has 1 saturated carbocycles. The first kappa shape index (κ1) is 8.50. The van der Waals surface area contributed by atoms with Crippen LogP contribution in [0.4, 0.5) is 0 Å². The van der Waals surface area contributed by atoms with Crippen molar-refractivity contribution in [2.45, 2.75) is 32.1 Å². The lowest BCUT2D eigenvalue weighted by molar-refractivity contribution is -0.117. The van der Waals surface area contributed by atoms with Gasteiger partial charge in [-0.3, -0.25) is 4.79 Å². The fourth-order valence-corrected chi connectivity index (χ4v) is 2.54. The van der Waals surface area contributed by atoms with E-state index in [1.807, 2.05) is 6.08 Å². The number of carbonyl (C=O) groups is 1. The molecule has 0 N–H and O–H groups in total. The van der Waals surface area contributed by atoms with Crippen LogP contribution in [0.15, 0.2) is 12.2 Å². The van der Waals surface area contributed by atoms with Crippen molar-refractivity contribution in [3.63, 3.8) is 0 Å². The third-order valence-electron chi connectivity index (χ3n) is 3.32. The van der Waals surface area contributed by atoms with Gasteiger partial charge in [0.25, 0.3) is 0 Å². The molecule has 2 rings (SSSR count). The van der Waals surface area contributed by atoms with Gasteiger partial charge in [-0.05, 0) is 24.8 Å². The van der Waals surface area contributed by atoms with Crippen molar-refractivity contribution in [1.82, 2.24) is 0 Å². The summed E-state index contributed by atoms with van der Waals surface area (Å²) in [5, 5.41) is 9.16. The van der Waals surface area contributed by atoms with Gasteiger partial charge in [-0.25, -0.2) is 0 Å². The molecule has 0 amide bonds. The Hall–Kier alpha value is -1.10. The number of carbonyl (C=O) groups excluding carboxylic acids is 1. The first-order valence-corrected chi connectivity index (χ1v) is 4.89. The quantitative estimate of drug-likeness (QED) is 0.566. The van der Waals surface area contributed by atoms with E-state index in [2.05, 4.69) is 6.07 Å². The van der Waals surface area contributed by atoms with Crippen molar-refractivity contribution in [2.24, 2.45) is 11.3 Å². The standard InChI is InChI=1S/C11H13NO/c12-8-11-6-2-1-3-9(11)4-5-10(13)7-11/h4-5,9H,1-3,6-7H2/t9-,11-/m1/s1. The summed E-state index contributed by atoms with van der Waals surface area (Å²) >= 11 is 0. The molecule has 68 valence electrons. The van der Waals surface area contributed by atoms with Crippen LogP contribution in [0.5, 0.6) is 0 Å². The summed E-state index contributed by atoms with van der Waals surface area (Å²) in [6.45, 7) is 0. The van der Waals surface area contributed by atoms with Crippen LogP contribution in [0.2, 0.25) is 0 Å². The molecule has 2 aliphatic rings. The fourth-order valence-electron chi connectivity index (χ4n) is 2.54. The van der Waals surface area contributed by atoms with E-state index in [4.69, 9.17) is 5.26 Å². The Labute approximate surface area is 78.2 Å². The number of hydrogen-bond acceptors (Lipinski definition) is 2. The van der Waals surface area contributed by atoms with Gasteiger partial charge >= 0.3 is 0 Å². The number of hydrogen-bond donors (Lipinski definition) is 0. The molecule has 0 bridgehead atoms. The van der Waals surface area contributed by atoms with Gasteiger partial charge in [0.1, 0.15) is 0 Å². The van der Waals surface area contributed by atoms with E-state index in [0.717, 1.165) is 19.3 Å². The highest BCUT2D eigenvalue weighted by Gasteiger charge is 2.42. The Kier molecular flexibility index (Phi) is 1.95. The van der Waals surface area contributed by atoms with Gasteiger partial charge in [0.2, 0.25) is 0 Å². The van der Waals surface area contributed by atoms with Gasteiger partial charge in [-0.1, -0.05) is 18.9 Å². The second-order valence-corrected chi connectivity index (χ2v) is 4.12. The van der Waals surface area contributed by atoms with Crippen molar-refractivity contribution in [3.8, 4) is 6.07 Å². The minimum atomic E-state index is -0.343. The van der Waals surface area contributed by atoms with Crippen molar-refractivity contribution < 1.29 is 4.79 Å². The lowest BCUT2D eigenvalue weighted by atomic mass is 9.62. The predicted molar refractivity (Wildman–Crippen MR) is 48.8 cm³/mol. The smallest absolute Gasteiger partial charge is 0.156 e. The number of nitrogens with zero attached hydrogens (tertiary/aromatic N) is 1. The number of nitriles is 1. The van der Waals surface area contributed by atoms with Crippen molar-refractivity contribution in [2.75, 3.05) is 0 Å². The summed E-state index contributed by atoms with van der Waals surface area (Å²) in [7, 11) is 0. The number of ketones is 1. The molecule has 0 unspecified atom stereocenters. The van der Waals surface area contributed by atoms with Crippen LogP contribution in [0, 0.1) is 22.7 Å². The highest BCUT2D eigenvalue weighted by Crippen LogP contribution is 2.46. The molecule has 2 atom stereocenters. The van der Waals surface area contributed by atoms with Crippen LogP contribution in [-0.4, -0.2) is 5.78 Å². The van der Waals surface area contributed by atoms with Crippen LogP contribution >= 0.6 is 0 Å². The van der Waals surface area contributed by atoms with Gasteiger partial charge < -0.3 is 0 Å². The molecule has 0 heterocycles. The van der Waals surface area contributed by atoms with E-state index < -0.39 is 0 Å². The number of rotatable bonds is 0. The van der Waals surface area contributed by atoms with Gasteiger partial charge in [-0.2, -0.15) is 5.26 Å². The van der Waals surface area contributed by atoms with Crippen molar-refractivity contribution >= 4 is 5.78 Å². The van der Waals surface area contributed by atoms with Crippen LogP contribution < -0.4 is 0 Å². The molecule has 0 saturated heterocycles. The molecule has 0 radical (unpaired) electrons. The Morgan fingerprint density at radius 1 is 1.54 bits per heavy atom. The first-order valence-electron chi connectivity index (χ1n) is 4.89. The van der Waals surface area contributed by atoms with Gasteiger partial charge in [0, 0.05) is 6.42 Å². The molecule has 2 heteroatoms. The summed E-state index contributed by atoms with van der Waals surface area (Å²) < 4.78 is 0. The van der Waals surface area contributed by atoms with Crippen LogP contribution in [0.1, 0.15) is 32.1 Å². The molecule has 0 spiro atoms. The van der Waals surface area contributed by atoms with Crippen molar-refractivity contribution in [1.29, 1.82) is 5.26 Å². The Balaban J connectivity index is 2.32. The molecule has 2 nitrogen and oxygen atoms in total. The minimum absolute atomic E-state index is 0.125. The maximum absolute atomic E-state index is 11.2. The topological polar surface area (TPSA) is 40.9 Å². The lowest BCUT2D eigenvalue weighted by Crippen LogP contribution is -2.35. The summed E-state index contributed by atoms with van der Waals surface area (Å²) in [5.74, 6) is 0.462. The van der Waals surface area contributed by atoms with Crippen LogP contribution in [-0.2, 0) is 4.79 Å². The lowest BCUT2D eigenvalue weighted by Gasteiger charge is -2.38. The maximum Gasteiger partial charge on any atom is 0.156 e. The zero-order chi connectivity index (χ0) is 9.31. The van der Waals surface area contributed by atoms with Crippen LogP contribution in [0.3, 0.4) is 0 Å². The Bertz CT molecular complexity index is 300. The fraction of sp³-hybridized carbons (Fsp3) is 0.636. The summed E-state index contributed by atoms with van der Waals surface area (Å²) in [6, 6.07) is 2.38. The molecular formula is C11H13NO. The average molecular weight is 175 g/mol. The highest BCUT2D eigenvalue weighted by molar-refractivity contribution is 5.91. The van der Waals surface area contributed by atoms with Crippen molar-refractivity contribution in [3.05, 3.63) is 12.2 Å². The first-order chi connectivity index (χ1) is 6.27. The van der Waals surface area contributed by atoms with Gasteiger partial charge in [-0.15, -0.1) is 0 Å². The molecular weight excluding hydrogens is 162 g/mol. The van der Waals surface area contributed by atoms with E-state index >= 15 is 0 Å². The van der Waals surface area contributed by atoms with E-state index in [-0.39, 0.29) is 11.2 Å². The van der Waals surface area contributed by atoms with Gasteiger partial charge in [0.05, 0.1) is 11.5 Å². The highest BCUT2D eigenvalue weighted by atomic mass is 16.1. The number of fused-ring (bicyclic) bond motifs is 1. The zero-order valence-corrected chi connectivity index (χ0v) is 7.62. The third-order valence-corrected chi connectivity index (χ3v) is 3.32. The Morgan fingerprint density at radius 3 is 3.15 bits per heavy atom. The summed E-state index contributed by atoms with van der Waals surface area (Å²) in [4.78, 5) is 11.2. The minimum Gasteiger partial charge on any atom is -0.295 e. The largest absolute Gasteiger partial charge is 0.295 e. The molecule has 0 aromatic rings. The average Bonchev–Trinajstić information content (AvgIpc) is 2.17. The SMILES string of the molecule is N#C[C@]12CCCC[C@@H]1C=CC(=O)C2. The van der Waals surface area contributed by atoms with E-state index in [1.165, 1.54) is 6.42 Å². The van der Waals surface area contributed by atoms with E-state index in [9.17, 15) is 4.79 Å². The Morgan fingerprint density at radius 2 is 2.38 bits per heavy atom. The normalized spacial score (nSPS) is 38.1.